The zero-order chi connectivity index (χ0) is 15.8. The number of pyridine rings is 1. The zero-order valence-corrected chi connectivity index (χ0v) is 13.1. The summed E-state index contributed by atoms with van der Waals surface area (Å²) >= 11 is 0. The van der Waals surface area contributed by atoms with Crippen molar-refractivity contribution in [2.75, 3.05) is 24.5 Å². The van der Waals surface area contributed by atoms with E-state index in [2.05, 4.69) is 20.5 Å². The quantitative estimate of drug-likeness (QED) is 0.857. The highest BCUT2D eigenvalue weighted by Gasteiger charge is 2.10. The number of hydrogen-bond acceptors (Lipinski definition) is 4. The summed E-state index contributed by atoms with van der Waals surface area (Å²) in [4.78, 5) is 29.1. The van der Waals surface area contributed by atoms with Crippen LogP contribution in [0.4, 0.5) is 5.82 Å². The van der Waals surface area contributed by atoms with Gasteiger partial charge in [0.25, 0.3) is 0 Å². The summed E-state index contributed by atoms with van der Waals surface area (Å²) in [6.45, 7) is 3.96. The molecular formula is C16H24N4O2. The molecule has 1 aliphatic rings. The predicted octanol–water partition coefficient (Wildman–Crippen LogP) is 1.21. The summed E-state index contributed by atoms with van der Waals surface area (Å²) in [5, 5.41) is 5.22. The smallest absolute Gasteiger partial charge is 0.239 e. The van der Waals surface area contributed by atoms with Crippen LogP contribution in [0.25, 0.3) is 0 Å². The van der Waals surface area contributed by atoms with Crippen molar-refractivity contribution >= 4 is 17.6 Å². The van der Waals surface area contributed by atoms with Gasteiger partial charge in [0.05, 0.1) is 6.54 Å². The van der Waals surface area contributed by atoms with E-state index in [0.29, 0.717) is 6.54 Å². The number of nitrogens with one attached hydrogen (secondary N) is 2. The lowest BCUT2D eigenvalue weighted by molar-refractivity contribution is -0.125. The molecule has 0 unspecified atom stereocenters. The highest BCUT2D eigenvalue weighted by Crippen LogP contribution is 2.17. The van der Waals surface area contributed by atoms with Crippen LogP contribution in [-0.2, 0) is 16.1 Å². The Balaban J connectivity index is 1.81. The highest BCUT2D eigenvalue weighted by molar-refractivity contribution is 5.83. The lowest BCUT2D eigenvalue weighted by Gasteiger charge is -2.21. The maximum atomic E-state index is 11.5. The minimum atomic E-state index is -0.210. The topological polar surface area (TPSA) is 74.3 Å². The van der Waals surface area contributed by atoms with Crippen LogP contribution in [0.3, 0.4) is 0 Å². The Bertz CT molecular complexity index is 493. The van der Waals surface area contributed by atoms with Crippen LogP contribution >= 0.6 is 0 Å². The number of hydrogen-bond donors (Lipinski definition) is 2. The van der Waals surface area contributed by atoms with Gasteiger partial charge >= 0.3 is 0 Å². The molecule has 2 heterocycles. The fraction of sp³-hybridized carbons (Fsp3) is 0.562. The normalized spacial score (nSPS) is 15.0. The molecular weight excluding hydrogens is 280 g/mol. The summed E-state index contributed by atoms with van der Waals surface area (Å²) in [5.74, 6) is 0.598. The molecule has 0 aliphatic carbocycles. The number of carbonyl (C=O) groups excluding carboxylic acids is 2. The highest BCUT2D eigenvalue weighted by atomic mass is 16.2. The molecule has 1 fully saturated rings. The minimum Gasteiger partial charge on any atom is -0.357 e. The number of rotatable bonds is 5. The molecule has 2 N–H and O–H groups in total. The third-order valence-electron chi connectivity index (χ3n) is 3.73. The zero-order valence-electron chi connectivity index (χ0n) is 13.1. The summed E-state index contributed by atoms with van der Waals surface area (Å²) in [5.41, 5.74) is 0.953. The first-order chi connectivity index (χ1) is 10.6. The van der Waals surface area contributed by atoms with E-state index < -0.39 is 0 Å². The van der Waals surface area contributed by atoms with Gasteiger partial charge in [0.2, 0.25) is 11.8 Å². The van der Waals surface area contributed by atoms with E-state index in [1.807, 2.05) is 12.1 Å². The Labute approximate surface area is 131 Å². The largest absolute Gasteiger partial charge is 0.357 e. The molecule has 2 amide bonds. The van der Waals surface area contributed by atoms with Crippen molar-refractivity contribution in [3.05, 3.63) is 23.9 Å². The SMILES string of the molecule is CC(=O)NCC(=O)NCc1ccc(N2CCCCCC2)nc1. The van der Waals surface area contributed by atoms with Gasteiger partial charge < -0.3 is 15.5 Å². The third kappa shape index (κ3) is 5.35. The van der Waals surface area contributed by atoms with Crippen LogP contribution in [-0.4, -0.2) is 36.4 Å². The average molecular weight is 304 g/mol. The van der Waals surface area contributed by atoms with E-state index in [1.54, 1.807) is 6.20 Å². The van der Waals surface area contributed by atoms with Gasteiger partial charge in [-0.2, -0.15) is 0 Å². The molecule has 1 aliphatic heterocycles. The van der Waals surface area contributed by atoms with Crippen molar-refractivity contribution < 1.29 is 9.59 Å². The Hall–Kier alpha value is -2.11. The summed E-state index contributed by atoms with van der Waals surface area (Å²) in [7, 11) is 0. The van der Waals surface area contributed by atoms with Crippen LogP contribution in [0.5, 0.6) is 0 Å². The standard InChI is InChI=1S/C16H24N4O2/c1-13(21)17-12-16(22)19-11-14-6-7-15(18-10-14)20-8-4-2-3-5-9-20/h6-7,10H,2-5,8-9,11-12H2,1H3,(H,17,21)(H,19,22). The van der Waals surface area contributed by atoms with Gasteiger partial charge in [-0.15, -0.1) is 0 Å². The van der Waals surface area contributed by atoms with E-state index in [-0.39, 0.29) is 18.4 Å². The second kappa shape index (κ2) is 8.36. The van der Waals surface area contributed by atoms with Gasteiger partial charge in [-0.05, 0) is 24.5 Å². The van der Waals surface area contributed by atoms with E-state index in [0.717, 1.165) is 24.5 Å². The first kappa shape index (κ1) is 16.3. The molecule has 0 spiro atoms. The number of nitrogens with zero attached hydrogens (tertiary/aromatic N) is 2. The first-order valence-corrected chi connectivity index (χ1v) is 7.86. The van der Waals surface area contributed by atoms with Crippen molar-refractivity contribution in [2.45, 2.75) is 39.2 Å². The molecule has 1 saturated heterocycles. The minimum absolute atomic E-state index is 0.00855. The second-order valence-corrected chi connectivity index (χ2v) is 5.61. The molecule has 6 nitrogen and oxygen atoms in total. The average Bonchev–Trinajstić information content (AvgIpc) is 2.80. The molecule has 0 radical (unpaired) electrons. The molecule has 1 aromatic heterocycles. The van der Waals surface area contributed by atoms with Crippen molar-refractivity contribution in [3.8, 4) is 0 Å². The Morgan fingerprint density at radius 1 is 1.14 bits per heavy atom. The van der Waals surface area contributed by atoms with Gasteiger partial charge in [-0.1, -0.05) is 18.9 Å². The molecule has 2 rings (SSSR count). The maximum absolute atomic E-state index is 11.5. The van der Waals surface area contributed by atoms with Gasteiger partial charge in [0, 0.05) is 32.8 Å². The van der Waals surface area contributed by atoms with Gasteiger partial charge in [0.1, 0.15) is 5.82 Å². The number of aromatic nitrogens is 1. The molecule has 0 saturated carbocycles. The fourth-order valence-corrected chi connectivity index (χ4v) is 2.48. The van der Waals surface area contributed by atoms with Crippen LogP contribution in [0, 0.1) is 0 Å². The van der Waals surface area contributed by atoms with E-state index in [9.17, 15) is 9.59 Å². The molecule has 0 aromatic carbocycles. The number of carbonyl (C=O) groups is 2. The number of anilines is 1. The van der Waals surface area contributed by atoms with Crippen LogP contribution in [0.15, 0.2) is 18.3 Å². The van der Waals surface area contributed by atoms with Gasteiger partial charge in [-0.25, -0.2) is 4.98 Å². The van der Waals surface area contributed by atoms with E-state index in [4.69, 9.17) is 0 Å². The molecule has 120 valence electrons. The van der Waals surface area contributed by atoms with E-state index in [1.165, 1.54) is 32.6 Å². The summed E-state index contributed by atoms with van der Waals surface area (Å²) in [6.07, 6.45) is 6.86. The van der Waals surface area contributed by atoms with Gasteiger partial charge in [-0.3, -0.25) is 9.59 Å². The molecule has 0 bridgehead atoms. The Morgan fingerprint density at radius 2 is 1.86 bits per heavy atom. The fourth-order valence-electron chi connectivity index (χ4n) is 2.48. The van der Waals surface area contributed by atoms with Crippen LogP contribution in [0.2, 0.25) is 0 Å². The molecule has 0 atom stereocenters. The van der Waals surface area contributed by atoms with Crippen molar-refractivity contribution in [1.82, 2.24) is 15.6 Å². The lowest BCUT2D eigenvalue weighted by atomic mass is 10.2. The Kier molecular flexibility index (Phi) is 6.18. The van der Waals surface area contributed by atoms with Crippen LogP contribution < -0.4 is 15.5 Å². The second-order valence-electron chi connectivity index (χ2n) is 5.61. The predicted molar refractivity (Wildman–Crippen MR) is 85.4 cm³/mol. The molecule has 22 heavy (non-hydrogen) atoms. The van der Waals surface area contributed by atoms with Crippen molar-refractivity contribution in [1.29, 1.82) is 0 Å². The van der Waals surface area contributed by atoms with E-state index >= 15 is 0 Å². The maximum Gasteiger partial charge on any atom is 0.239 e. The van der Waals surface area contributed by atoms with Crippen LogP contribution in [0.1, 0.15) is 38.2 Å². The van der Waals surface area contributed by atoms with Crippen molar-refractivity contribution in [3.63, 3.8) is 0 Å². The first-order valence-electron chi connectivity index (χ1n) is 7.86. The monoisotopic (exact) mass is 304 g/mol. The van der Waals surface area contributed by atoms with Gasteiger partial charge in [0.15, 0.2) is 0 Å². The number of amides is 2. The third-order valence-corrected chi connectivity index (χ3v) is 3.73. The Morgan fingerprint density at radius 3 is 2.45 bits per heavy atom. The summed E-state index contributed by atoms with van der Waals surface area (Å²) < 4.78 is 0. The summed E-state index contributed by atoms with van der Waals surface area (Å²) in [6, 6.07) is 4.01. The lowest BCUT2D eigenvalue weighted by Crippen LogP contribution is -2.35. The van der Waals surface area contributed by atoms with Crippen molar-refractivity contribution in [2.24, 2.45) is 0 Å². The molecule has 6 heteroatoms. The molecule has 1 aromatic rings.